The van der Waals surface area contributed by atoms with Crippen LogP contribution in [-0.4, -0.2) is 17.6 Å². The summed E-state index contributed by atoms with van der Waals surface area (Å²) in [5.74, 6) is 0. The monoisotopic (exact) mass is 394 g/mol. The number of nitrogens with one attached hydrogen (secondary N) is 1. The Bertz CT molecular complexity index is 959. The standard InChI is InChI=1S/C22H23N2O3P/c25-24-28(26,27)16-6-15-23-17-18-11-13-20(14-12-18)22-10-5-4-9-21(22)19-7-2-1-3-8-19/h1-5,7-14,23H,6,15-17H2,(H,26,27). The van der Waals surface area contributed by atoms with Gasteiger partial charge in [0.15, 0.2) is 0 Å². The van der Waals surface area contributed by atoms with E-state index in [0.29, 0.717) is 19.5 Å². The maximum absolute atomic E-state index is 11.2. The van der Waals surface area contributed by atoms with Crippen LogP contribution in [0.5, 0.6) is 0 Å². The summed E-state index contributed by atoms with van der Waals surface area (Å²) in [6.45, 7) is 1.21. The molecule has 0 heterocycles. The van der Waals surface area contributed by atoms with E-state index in [0.717, 1.165) is 11.1 Å². The lowest BCUT2D eigenvalue weighted by Crippen LogP contribution is -2.15. The highest BCUT2D eigenvalue weighted by Gasteiger charge is 2.17. The highest BCUT2D eigenvalue weighted by Crippen LogP contribution is 2.41. The summed E-state index contributed by atoms with van der Waals surface area (Å²) < 4.78 is 11.2. The normalized spacial score (nSPS) is 13.0. The van der Waals surface area contributed by atoms with Crippen LogP contribution in [0.2, 0.25) is 0 Å². The van der Waals surface area contributed by atoms with Crippen LogP contribution in [0.4, 0.5) is 0 Å². The second-order valence-corrected chi connectivity index (χ2v) is 8.55. The number of nitroso groups, excluding NO2 is 1. The largest absolute Gasteiger partial charge is 0.350 e. The molecule has 0 fully saturated rings. The quantitative estimate of drug-likeness (QED) is 0.287. The van der Waals surface area contributed by atoms with Gasteiger partial charge in [0.2, 0.25) is 0 Å². The molecule has 144 valence electrons. The van der Waals surface area contributed by atoms with Crippen LogP contribution in [-0.2, 0) is 11.1 Å². The van der Waals surface area contributed by atoms with E-state index in [2.05, 4.69) is 64.9 Å². The molecule has 0 aliphatic heterocycles. The van der Waals surface area contributed by atoms with Gasteiger partial charge in [-0.3, -0.25) is 4.57 Å². The second kappa shape index (κ2) is 9.56. The zero-order chi connectivity index (χ0) is 19.8. The highest BCUT2D eigenvalue weighted by molar-refractivity contribution is 7.56. The molecule has 1 unspecified atom stereocenters. The summed E-state index contributed by atoms with van der Waals surface area (Å²) in [7, 11) is -3.83. The van der Waals surface area contributed by atoms with Crippen molar-refractivity contribution in [3.8, 4) is 22.3 Å². The summed E-state index contributed by atoms with van der Waals surface area (Å²) >= 11 is 0. The molecular weight excluding hydrogens is 371 g/mol. The predicted molar refractivity (Wildman–Crippen MR) is 114 cm³/mol. The average molecular weight is 394 g/mol. The van der Waals surface area contributed by atoms with Gasteiger partial charge in [-0.05, 0) is 40.8 Å². The topological polar surface area (TPSA) is 78.8 Å². The van der Waals surface area contributed by atoms with Gasteiger partial charge in [-0.2, -0.15) is 0 Å². The molecular formula is C22H23N2O3P. The van der Waals surface area contributed by atoms with Crippen molar-refractivity contribution in [2.24, 2.45) is 4.95 Å². The summed E-state index contributed by atoms with van der Waals surface area (Å²) in [4.78, 5) is 21.6. The van der Waals surface area contributed by atoms with Gasteiger partial charge < -0.3 is 10.2 Å². The Morgan fingerprint density at radius 3 is 2.00 bits per heavy atom. The van der Waals surface area contributed by atoms with Crippen LogP contribution in [0.25, 0.3) is 22.3 Å². The van der Waals surface area contributed by atoms with Gasteiger partial charge in [-0.25, -0.2) is 0 Å². The smallest absolute Gasteiger partial charge is 0.326 e. The Labute approximate surface area is 164 Å². The van der Waals surface area contributed by atoms with Crippen LogP contribution in [0.3, 0.4) is 0 Å². The van der Waals surface area contributed by atoms with E-state index in [9.17, 15) is 9.47 Å². The lowest BCUT2D eigenvalue weighted by Gasteiger charge is -2.11. The summed E-state index contributed by atoms with van der Waals surface area (Å²) in [5.41, 5.74) is 5.86. The van der Waals surface area contributed by atoms with Gasteiger partial charge in [0.05, 0.1) is 0 Å². The first-order valence-corrected chi connectivity index (χ1v) is 11.0. The van der Waals surface area contributed by atoms with Crippen molar-refractivity contribution in [3.05, 3.63) is 89.3 Å². The van der Waals surface area contributed by atoms with Crippen LogP contribution >= 0.6 is 7.52 Å². The molecule has 3 aromatic carbocycles. The Hall–Kier alpha value is -2.59. The maximum atomic E-state index is 11.2. The molecule has 0 radical (unpaired) electrons. The van der Waals surface area contributed by atoms with Gasteiger partial charge >= 0.3 is 7.52 Å². The number of benzene rings is 3. The molecule has 6 heteroatoms. The van der Waals surface area contributed by atoms with Crippen molar-refractivity contribution in [2.75, 3.05) is 12.7 Å². The zero-order valence-electron chi connectivity index (χ0n) is 15.5. The van der Waals surface area contributed by atoms with Crippen molar-refractivity contribution in [1.82, 2.24) is 5.32 Å². The molecule has 3 aromatic rings. The van der Waals surface area contributed by atoms with Gasteiger partial charge in [0.25, 0.3) is 0 Å². The van der Waals surface area contributed by atoms with Gasteiger partial charge in [-0.15, -0.1) is 4.91 Å². The molecule has 3 rings (SSSR count). The van der Waals surface area contributed by atoms with Crippen LogP contribution < -0.4 is 5.32 Å². The Morgan fingerprint density at radius 1 is 0.821 bits per heavy atom. The lowest BCUT2D eigenvalue weighted by atomic mass is 9.94. The van der Waals surface area contributed by atoms with Crippen molar-refractivity contribution >= 4 is 7.52 Å². The molecule has 1 atom stereocenters. The number of hydrogen-bond acceptors (Lipinski definition) is 3. The molecule has 0 spiro atoms. The average Bonchev–Trinajstić information content (AvgIpc) is 2.74. The van der Waals surface area contributed by atoms with E-state index >= 15 is 0 Å². The molecule has 28 heavy (non-hydrogen) atoms. The van der Waals surface area contributed by atoms with Crippen molar-refractivity contribution < 1.29 is 9.46 Å². The van der Waals surface area contributed by atoms with Gasteiger partial charge in [-0.1, -0.05) is 78.9 Å². The molecule has 0 aromatic heterocycles. The molecule has 0 bridgehead atoms. The predicted octanol–water partition coefficient (Wildman–Crippen LogP) is 5.45. The van der Waals surface area contributed by atoms with Crippen LogP contribution in [0.1, 0.15) is 12.0 Å². The third-order valence-corrected chi connectivity index (χ3v) is 5.69. The van der Waals surface area contributed by atoms with E-state index in [4.69, 9.17) is 4.89 Å². The molecule has 0 saturated carbocycles. The van der Waals surface area contributed by atoms with E-state index in [1.807, 2.05) is 24.3 Å². The summed E-state index contributed by atoms with van der Waals surface area (Å²) in [5, 5.41) is 3.22. The van der Waals surface area contributed by atoms with Gasteiger partial charge in [0, 0.05) is 17.7 Å². The van der Waals surface area contributed by atoms with E-state index < -0.39 is 7.52 Å². The number of nitrogens with zero attached hydrogens (tertiary/aromatic N) is 1. The van der Waals surface area contributed by atoms with E-state index in [1.54, 1.807) is 0 Å². The summed E-state index contributed by atoms with van der Waals surface area (Å²) in [6.07, 6.45) is 0.348. The second-order valence-electron chi connectivity index (χ2n) is 6.61. The molecule has 2 N–H and O–H groups in total. The van der Waals surface area contributed by atoms with Gasteiger partial charge in [0.1, 0.15) is 0 Å². The van der Waals surface area contributed by atoms with Crippen LogP contribution in [0, 0.1) is 4.91 Å². The molecule has 0 saturated heterocycles. The minimum absolute atomic E-state index is 0.0846. The van der Waals surface area contributed by atoms with Crippen molar-refractivity contribution in [3.63, 3.8) is 0 Å². The van der Waals surface area contributed by atoms with E-state index in [1.165, 1.54) is 16.7 Å². The zero-order valence-corrected chi connectivity index (χ0v) is 16.4. The Balaban J connectivity index is 1.63. The fraction of sp³-hybridized carbons (Fsp3) is 0.182. The number of rotatable bonds is 9. The molecule has 0 aliphatic rings. The fourth-order valence-corrected chi connectivity index (χ4v) is 3.74. The first-order valence-electron chi connectivity index (χ1n) is 9.20. The Morgan fingerprint density at radius 2 is 1.39 bits per heavy atom. The maximum Gasteiger partial charge on any atom is 0.350 e. The van der Waals surface area contributed by atoms with Crippen LogP contribution in [0.15, 0.2) is 83.8 Å². The first-order chi connectivity index (χ1) is 13.6. The third kappa shape index (κ3) is 5.46. The summed E-state index contributed by atoms with van der Waals surface area (Å²) in [6, 6.07) is 27.1. The minimum atomic E-state index is -3.83. The fourth-order valence-electron chi connectivity index (χ4n) is 3.09. The SMILES string of the molecule is O=NP(=O)(O)CCCNCc1ccc(-c2ccccc2-c2ccccc2)cc1. The van der Waals surface area contributed by atoms with Crippen molar-refractivity contribution in [1.29, 1.82) is 0 Å². The molecule has 0 aliphatic carbocycles. The first kappa shape index (κ1) is 20.2. The molecule has 0 amide bonds. The Kier molecular flexibility index (Phi) is 6.88. The van der Waals surface area contributed by atoms with Crippen molar-refractivity contribution in [2.45, 2.75) is 13.0 Å². The lowest BCUT2D eigenvalue weighted by molar-refractivity contribution is 0.476. The molecule has 5 nitrogen and oxygen atoms in total. The van der Waals surface area contributed by atoms with E-state index in [-0.39, 0.29) is 6.16 Å². The minimum Gasteiger partial charge on any atom is -0.326 e. The third-order valence-electron chi connectivity index (χ3n) is 4.54. The number of hydrogen-bond donors (Lipinski definition) is 2. The highest BCUT2D eigenvalue weighted by atomic mass is 31.2.